The molecule has 2 atom stereocenters. The first-order chi connectivity index (χ1) is 7.69. The molecule has 3 nitrogen and oxygen atoms in total. The Morgan fingerprint density at radius 3 is 2.53 bits per heavy atom. The molecule has 0 aromatic heterocycles. The van der Waals surface area contributed by atoms with Crippen LogP contribution in [0.5, 0.6) is 0 Å². The summed E-state index contributed by atoms with van der Waals surface area (Å²) in [6.45, 7) is 1.07. The highest BCUT2D eigenvalue weighted by atomic mass is 35.5. The van der Waals surface area contributed by atoms with E-state index in [-0.39, 0.29) is 25.3 Å². The SMILES string of the molecule is CC(CCl)S(=O)(=O)N1CCCC(C(F)(F)F)C1. The van der Waals surface area contributed by atoms with Crippen LogP contribution in [0.15, 0.2) is 0 Å². The van der Waals surface area contributed by atoms with Gasteiger partial charge in [0.1, 0.15) is 0 Å². The van der Waals surface area contributed by atoms with E-state index in [0.717, 1.165) is 4.31 Å². The van der Waals surface area contributed by atoms with Crippen LogP contribution in [0.25, 0.3) is 0 Å². The highest BCUT2D eigenvalue weighted by Crippen LogP contribution is 2.34. The predicted octanol–water partition coefficient (Wildman–Crippen LogP) is 2.22. The van der Waals surface area contributed by atoms with E-state index < -0.39 is 33.9 Å². The molecule has 102 valence electrons. The largest absolute Gasteiger partial charge is 0.393 e. The zero-order valence-electron chi connectivity index (χ0n) is 9.37. The lowest BCUT2D eigenvalue weighted by atomic mass is 9.99. The van der Waals surface area contributed by atoms with Crippen molar-refractivity contribution in [2.45, 2.75) is 31.2 Å². The second-order valence-electron chi connectivity index (χ2n) is 4.25. The highest BCUT2D eigenvalue weighted by Gasteiger charge is 2.44. The number of rotatable bonds is 3. The summed E-state index contributed by atoms with van der Waals surface area (Å²) < 4.78 is 62.3. The van der Waals surface area contributed by atoms with Crippen LogP contribution in [-0.4, -0.2) is 43.1 Å². The minimum absolute atomic E-state index is 0.00915. The van der Waals surface area contributed by atoms with Crippen LogP contribution < -0.4 is 0 Å². The standard InChI is InChI=1S/C9H15ClF3NO2S/c1-7(5-10)17(15,16)14-4-2-3-8(6-14)9(11,12)13/h7-8H,2-6H2,1H3. The smallest absolute Gasteiger partial charge is 0.212 e. The molecule has 1 aliphatic heterocycles. The molecule has 1 aliphatic rings. The Morgan fingerprint density at radius 2 is 2.06 bits per heavy atom. The van der Waals surface area contributed by atoms with Crippen molar-refractivity contribution in [2.24, 2.45) is 5.92 Å². The topological polar surface area (TPSA) is 37.4 Å². The fourth-order valence-corrected chi connectivity index (χ4v) is 3.69. The first-order valence-corrected chi connectivity index (χ1v) is 7.35. The Bertz CT molecular complexity index is 358. The van der Waals surface area contributed by atoms with Crippen LogP contribution in [0.4, 0.5) is 13.2 Å². The summed E-state index contributed by atoms with van der Waals surface area (Å²) in [6, 6.07) is 0. The van der Waals surface area contributed by atoms with Crippen molar-refractivity contribution in [3.63, 3.8) is 0 Å². The molecule has 0 bridgehead atoms. The molecule has 0 N–H and O–H groups in total. The van der Waals surface area contributed by atoms with Gasteiger partial charge in [0, 0.05) is 19.0 Å². The molecule has 2 unspecified atom stereocenters. The number of halogens is 4. The normalized spacial score (nSPS) is 25.8. The van der Waals surface area contributed by atoms with Crippen molar-refractivity contribution >= 4 is 21.6 Å². The number of nitrogens with zero attached hydrogens (tertiary/aromatic N) is 1. The molecular formula is C9H15ClF3NO2S. The van der Waals surface area contributed by atoms with Crippen LogP contribution in [0, 0.1) is 5.92 Å². The molecule has 1 rings (SSSR count). The Morgan fingerprint density at radius 1 is 1.47 bits per heavy atom. The lowest BCUT2D eigenvalue weighted by Crippen LogP contribution is -2.47. The number of piperidine rings is 1. The van der Waals surface area contributed by atoms with Crippen molar-refractivity contribution < 1.29 is 21.6 Å². The van der Waals surface area contributed by atoms with Gasteiger partial charge in [-0.25, -0.2) is 12.7 Å². The summed E-state index contributed by atoms with van der Waals surface area (Å²) in [4.78, 5) is 0. The fraction of sp³-hybridized carbons (Fsp3) is 1.00. The number of alkyl halides is 4. The maximum absolute atomic E-state index is 12.5. The summed E-state index contributed by atoms with van der Waals surface area (Å²) in [6.07, 6.45) is -4.11. The monoisotopic (exact) mass is 293 g/mol. The van der Waals surface area contributed by atoms with Crippen LogP contribution in [0.1, 0.15) is 19.8 Å². The summed E-state index contributed by atoms with van der Waals surface area (Å²) in [5.74, 6) is -1.68. The minimum atomic E-state index is -4.33. The second kappa shape index (κ2) is 5.32. The Kier molecular flexibility index (Phi) is 4.71. The Labute approximate surface area is 104 Å². The number of hydrogen-bond acceptors (Lipinski definition) is 2. The van der Waals surface area contributed by atoms with Crippen LogP contribution >= 0.6 is 11.6 Å². The zero-order chi connectivity index (χ0) is 13.3. The van der Waals surface area contributed by atoms with Gasteiger partial charge in [0.05, 0.1) is 11.2 Å². The van der Waals surface area contributed by atoms with E-state index in [0.29, 0.717) is 0 Å². The fourth-order valence-electron chi connectivity index (χ4n) is 1.77. The lowest BCUT2D eigenvalue weighted by molar-refractivity contribution is -0.182. The van der Waals surface area contributed by atoms with Crippen molar-refractivity contribution in [3.8, 4) is 0 Å². The molecule has 0 aromatic carbocycles. The van der Waals surface area contributed by atoms with Crippen LogP contribution in [0.3, 0.4) is 0 Å². The molecule has 1 heterocycles. The summed E-state index contributed by atoms with van der Waals surface area (Å²) in [5.41, 5.74) is 0. The van der Waals surface area contributed by atoms with Gasteiger partial charge in [0.2, 0.25) is 10.0 Å². The Hall–Kier alpha value is -0.0100. The summed E-state index contributed by atoms with van der Waals surface area (Å²) in [7, 11) is -3.70. The van der Waals surface area contributed by atoms with Gasteiger partial charge >= 0.3 is 6.18 Å². The van der Waals surface area contributed by atoms with Gasteiger partial charge in [0.25, 0.3) is 0 Å². The van der Waals surface area contributed by atoms with E-state index in [9.17, 15) is 21.6 Å². The third-order valence-electron chi connectivity index (χ3n) is 2.93. The highest BCUT2D eigenvalue weighted by molar-refractivity contribution is 7.89. The third-order valence-corrected chi connectivity index (χ3v) is 5.81. The second-order valence-corrected chi connectivity index (χ2v) is 6.91. The lowest BCUT2D eigenvalue weighted by Gasteiger charge is -2.34. The van der Waals surface area contributed by atoms with Gasteiger partial charge in [-0.3, -0.25) is 0 Å². The Balaban J connectivity index is 2.80. The predicted molar refractivity (Wildman–Crippen MR) is 59.5 cm³/mol. The molecule has 0 amide bonds. The third kappa shape index (κ3) is 3.48. The van der Waals surface area contributed by atoms with Crippen molar-refractivity contribution in [2.75, 3.05) is 19.0 Å². The first kappa shape index (κ1) is 15.0. The molecule has 0 aromatic rings. The van der Waals surface area contributed by atoms with E-state index in [1.54, 1.807) is 0 Å². The van der Waals surface area contributed by atoms with E-state index in [2.05, 4.69) is 0 Å². The summed E-state index contributed by atoms with van der Waals surface area (Å²) in [5, 5.41) is -0.851. The van der Waals surface area contributed by atoms with E-state index in [4.69, 9.17) is 11.6 Å². The molecule has 0 saturated carbocycles. The number of hydrogen-bond donors (Lipinski definition) is 0. The molecular weight excluding hydrogens is 279 g/mol. The first-order valence-electron chi connectivity index (χ1n) is 5.31. The zero-order valence-corrected chi connectivity index (χ0v) is 10.9. The van der Waals surface area contributed by atoms with Gasteiger partial charge in [0.15, 0.2) is 0 Å². The molecule has 0 spiro atoms. The van der Waals surface area contributed by atoms with Gasteiger partial charge in [-0.1, -0.05) is 0 Å². The van der Waals surface area contributed by atoms with Gasteiger partial charge < -0.3 is 0 Å². The molecule has 1 saturated heterocycles. The minimum Gasteiger partial charge on any atom is -0.212 e. The van der Waals surface area contributed by atoms with E-state index in [1.165, 1.54) is 6.92 Å². The van der Waals surface area contributed by atoms with Crippen molar-refractivity contribution in [3.05, 3.63) is 0 Å². The van der Waals surface area contributed by atoms with Crippen LogP contribution in [0.2, 0.25) is 0 Å². The molecule has 0 aliphatic carbocycles. The van der Waals surface area contributed by atoms with E-state index in [1.807, 2.05) is 0 Å². The average molecular weight is 294 g/mol. The van der Waals surface area contributed by atoms with Gasteiger partial charge in [-0.15, -0.1) is 11.6 Å². The maximum atomic E-state index is 12.5. The molecule has 17 heavy (non-hydrogen) atoms. The van der Waals surface area contributed by atoms with E-state index >= 15 is 0 Å². The van der Waals surface area contributed by atoms with Crippen molar-refractivity contribution in [1.82, 2.24) is 4.31 Å². The van der Waals surface area contributed by atoms with Gasteiger partial charge in [-0.2, -0.15) is 13.2 Å². The number of sulfonamides is 1. The molecule has 0 radical (unpaired) electrons. The quantitative estimate of drug-likeness (QED) is 0.748. The average Bonchev–Trinajstić information content (AvgIpc) is 2.27. The summed E-state index contributed by atoms with van der Waals surface area (Å²) >= 11 is 5.45. The van der Waals surface area contributed by atoms with Crippen molar-refractivity contribution in [1.29, 1.82) is 0 Å². The molecule has 1 fully saturated rings. The maximum Gasteiger partial charge on any atom is 0.393 e. The molecule has 8 heteroatoms. The van der Waals surface area contributed by atoms with Gasteiger partial charge in [-0.05, 0) is 19.8 Å². The van der Waals surface area contributed by atoms with Crippen LogP contribution in [-0.2, 0) is 10.0 Å².